The van der Waals surface area contributed by atoms with Gasteiger partial charge in [0, 0.05) is 12.6 Å². The van der Waals surface area contributed by atoms with Crippen LogP contribution in [0.1, 0.15) is 33.1 Å². The third-order valence-corrected chi connectivity index (χ3v) is 4.70. The van der Waals surface area contributed by atoms with Crippen molar-refractivity contribution in [3.8, 4) is 0 Å². The fourth-order valence-electron chi connectivity index (χ4n) is 3.17. The van der Waals surface area contributed by atoms with E-state index in [-0.39, 0.29) is 23.8 Å². The summed E-state index contributed by atoms with van der Waals surface area (Å²) in [6, 6.07) is -0.864. The minimum Gasteiger partial charge on any atom is -0.352 e. The zero-order valence-corrected chi connectivity index (χ0v) is 14.2. The second kappa shape index (κ2) is 7.35. The van der Waals surface area contributed by atoms with Crippen LogP contribution < -0.4 is 10.6 Å². The Bertz CT molecular complexity index is 455. The van der Waals surface area contributed by atoms with Crippen LogP contribution in [0, 0.1) is 5.92 Å². The molecule has 2 rings (SSSR count). The summed E-state index contributed by atoms with van der Waals surface area (Å²) >= 11 is 1.47. The van der Waals surface area contributed by atoms with Crippen LogP contribution in [0.2, 0.25) is 0 Å². The van der Waals surface area contributed by atoms with Crippen molar-refractivity contribution < 1.29 is 14.4 Å². The molecule has 6 nitrogen and oxygen atoms in total. The van der Waals surface area contributed by atoms with E-state index in [0.717, 1.165) is 0 Å². The number of hydrogen-bond acceptors (Lipinski definition) is 4. The largest absolute Gasteiger partial charge is 0.352 e. The molecule has 0 saturated carbocycles. The highest BCUT2D eigenvalue weighted by molar-refractivity contribution is 7.99. The van der Waals surface area contributed by atoms with E-state index in [1.54, 1.807) is 4.90 Å². The first-order valence-corrected chi connectivity index (χ1v) is 9.21. The molecule has 0 bridgehead atoms. The van der Waals surface area contributed by atoms with E-state index in [0.29, 0.717) is 37.5 Å². The van der Waals surface area contributed by atoms with Gasteiger partial charge in [0.15, 0.2) is 0 Å². The Morgan fingerprint density at radius 2 is 2.18 bits per heavy atom. The smallest absolute Gasteiger partial charge is 0.245 e. The van der Waals surface area contributed by atoms with Gasteiger partial charge in [0.1, 0.15) is 12.1 Å². The van der Waals surface area contributed by atoms with Gasteiger partial charge in [0.05, 0.1) is 5.75 Å². The molecular weight excluding hydrogens is 302 g/mol. The van der Waals surface area contributed by atoms with Gasteiger partial charge in [-0.2, -0.15) is 11.8 Å². The molecule has 2 fully saturated rings. The van der Waals surface area contributed by atoms with E-state index >= 15 is 0 Å². The van der Waals surface area contributed by atoms with Crippen molar-refractivity contribution in [2.75, 3.05) is 18.6 Å². The van der Waals surface area contributed by atoms with Gasteiger partial charge in [-0.1, -0.05) is 13.8 Å². The number of nitrogens with one attached hydrogen (secondary N) is 2. The molecule has 2 saturated heterocycles. The summed E-state index contributed by atoms with van der Waals surface area (Å²) in [6.45, 7) is 4.62. The van der Waals surface area contributed by atoms with Crippen molar-refractivity contribution in [1.82, 2.24) is 15.5 Å². The van der Waals surface area contributed by atoms with E-state index in [9.17, 15) is 14.4 Å². The molecule has 124 valence electrons. The topological polar surface area (TPSA) is 78.5 Å². The van der Waals surface area contributed by atoms with Gasteiger partial charge in [-0.15, -0.1) is 0 Å². The second-order valence-electron chi connectivity index (χ2n) is 6.46. The lowest BCUT2D eigenvalue weighted by atomic mass is 9.91. The monoisotopic (exact) mass is 327 g/mol. The van der Waals surface area contributed by atoms with Gasteiger partial charge in [-0.05, 0) is 31.4 Å². The molecule has 3 atom stereocenters. The van der Waals surface area contributed by atoms with Crippen LogP contribution in [0.5, 0.6) is 0 Å². The normalized spacial score (nSPS) is 28.4. The molecule has 0 aromatic heterocycles. The first-order chi connectivity index (χ1) is 10.4. The highest BCUT2D eigenvalue weighted by atomic mass is 32.2. The number of carbonyl (C=O) groups excluding carboxylic acids is 3. The quantitative estimate of drug-likeness (QED) is 0.765. The molecule has 3 unspecified atom stereocenters. The summed E-state index contributed by atoms with van der Waals surface area (Å²) in [4.78, 5) is 38.2. The summed E-state index contributed by atoms with van der Waals surface area (Å²) in [5.41, 5.74) is 0. The predicted octanol–water partition coefficient (Wildman–Crippen LogP) is 0.370. The third kappa shape index (κ3) is 3.94. The molecule has 3 amide bonds. The van der Waals surface area contributed by atoms with Crippen molar-refractivity contribution in [2.45, 2.75) is 51.2 Å². The Balaban J connectivity index is 1.97. The van der Waals surface area contributed by atoms with E-state index in [2.05, 4.69) is 10.6 Å². The van der Waals surface area contributed by atoms with Crippen molar-refractivity contribution in [3.63, 3.8) is 0 Å². The van der Waals surface area contributed by atoms with Crippen molar-refractivity contribution >= 4 is 29.5 Å². The summed E-state index contributed by atoms with van der Waals surface area (Å²) < 4.78 is 0. The molecule has 2 heterocycles. The minimum atomic E-state index is -0.441. The average molecular weight is 327 g/mol. The molecule has 0 aromatic carbocycles. The highest BCUT2D eigenvalue weighted by Gasteiger charge is 2.43. The summed E-state index contributed by atoms with van der Waals surface area (Å²) in [7, 11) is 0. The standard InChI is InChI=1S/C15H25N3O3S/c1-9(2)6-11-15(21)18-5-4-10(16-13(19)8-22-3)7-12(18)14(20)17-11/h9-12H,4-8H2,1-3H3,(H,16,19)(H,17,20). The molecule has 0 aromatic rings. The van der Waals surface area contributed by atoms with Gasteiger partial charge in [0.25, 0.3) is 0 Å². The Hall–Kier alpha value is -1.24. The molecule has 22 heavy (non-hydrogen) atoms. The van der Waals surface area contributed by atoms with Crippen LogP contribution in [-0.2, 0) is 14.4 Å². The number of amides is 3. The van der Waals surface area contributed by atoms with E-state index in [1.165, 1.54) is 11.8 Å². The number of nitrogens with zero attached hydrogens (tertiary/aromatic N) is 1. The number of rotatable bonds is 5. The van der Waals surface area contributed by atoms with Gasteiger partial charge >= 0.3 is 0 Å². The van der Waals surface area contributed by atoms with Gasteiger partial charge in [-0.3, -0.25) is 14.4 Å². The number of carbonyl (C=O) groups is 3. The fraction of sp³-hybridized carbons (Fsp3) is 0.800. The zero-order valence-electron chi connectivity index (χ0n) is 13.4. The molecule has 0 aliphatic carbocycles. The highest BCUT2D eigenvalue weighted by Crippen LogP contribution is 2.24. The Morgan fingerprint density at radius 1 is 1.45 bits per heavy atom. The Morgan fingerprint density at radius 3 is 2.82 bits per heavy atom. The lowest BCUT2D eigenvalue weighted by Crippen LogP contribution is -2.67. The maximum atomic E-state index is 12.5. The summed E-state index contributed by atoms with van der Waals surface area (Å²) in [5.74, 6) is 0.702. The van der Waals surface area contributed by atoms with Crippen LogP contribution in [0.15, 0.2) is 0 Å². The van der Waals surface area contributed by atoms with Crippen LogP contribution in [-0.4, -0.2) is 59.3 Å². The van der Waals surface area contributed by atoms with Gasteiger partial charge in [-0.25, -0.2) is 0 Å². The van der Waals surface area contributed by atoms with Crippen molar-refractivity contribution in [3.05, 3.63) is 0 Å². The lowest BCUT2D eigenvalue weighted by Gasteiger charge is -2.44. The summed E-state index contributed by atoms with van der Waals surface area (Å²) in [6.07, 6.45) is 3.77. The number of piperidine rings is 1. The lowest BCUT2D eigenvalue weighted by molar-refractivity contribution is -0.152. The van der Waals surface area contributed by atoms with Crippen LogP contribution in [0.4, 0.5) is 0 Å². The van der Waals surface area contributed by atoms with Crippen LogP contribution >= 0.6 is 11.8 Å². The zero-order chi connectivity index (χ0) is 16.3. The molecule has 2 N–H and O–H groups in total. The van der Waals surface area contributed by atoms with Crippen molar-refractivity contribution in [1.29, 1.82) is 0 Å². The first kappa shape index (κ1) is 17.1. The molecule has 2 aliphatic heterocycles. The average Bonchev–Trinajstić information content (AvgIpc) is 2.44. The maximum absolute atomic E-state index is 12.5. The molecule has 2 aliphatic rings. The molecule has 0 radical (unpaired) electrons. The number of hydrogen-bond donors (Lipinski definition) is 2. The SMILES string of the molecule is CSCC(=O)NC1CCN2C(=O)C(CC(C)C)NC(=O)C2C1. The predicted molar refractivity (Wildman–Crippen MR) is 86.4 cm³/mol. The number of piperazine rings is 1. The van der Waals surface area contributed by atoms with E-state index < -0.39 is 12.1 Å². The van der Waals surface area contributed by atoms with E-state index in [4.69, 9.17) is 0 Å². The molecular formula is C15H25N3O3S. The molecule has 7 heteroatoms. The number of fused-ring (bicyclic) bond motifs is 1. The minimum absolute atomic E-state index is 0.00817. The van der Waals surface area contributed by atoms with Gasteiger partial charge in [0.2, 0.25) is 17.7 Å². The van der Waals surface area contributed by atoms with Crippen LogP contribution in [0.25, 0.3) is 0 Å². The summed E-state index contributed by atoms with van der Waals surface area (Å²) in [5, 5.41) is 5.80. The Kier molecular flexibility index (Phi) is 5.72. The molecule has 0 spiro atoms. The second-order valence-corrected chi connectivity index (χ2v) is 7.33. The Labute approximate surface area is 135 Å². The maximum Gasteiger partial charge on any atom is 0.245 e. The van der Waals surface area contributed by atoms with E-state index in [1.807, 2.05) is 20.1 Å². The first-order valence-electron chi connectivity index (χ1n) is 7.81. The fourth-order valence-corrected chi connectivity index (χ4v) is 3.52. The van der Waals surface area contributed by atoms with Crippen molar-refractivity contribution in [2.24, 2.45) is 5.92 Å². The number of thioether (sulfide) groups is 1. The van der Waals surface area contributed by atoms with Gasteiger partial charge < -0.3 is 15.5 Å². The third-order valence-electron chi connectivity index (χ3n) is 4.15. The van der Waals surface area contributed by atoms with Crippen LogP contribution in [0.3, 0.4) is 0 Å².